The standard InChI is InChI=1S/C20H28OSi/c1-16-7-9-18(10-8-16)6-5-15-22(3,4)20-13-11-19(12-14-20)17(2)21/h7-14,17,21H,5-6,15H2,1-4H3. The maximum Gasteiger partial charge on any atom is 0.0806 e. The van der Waals surface area contributed by atoms with Crippen molar-refractivity contribution in [1.82, 2.24) is 0 Å². The summed E-state index contributed by atoms with van der Waals surface area (Å²) in [6.07, 6.45) is 2.04. The van der Waals surface area contributed by atoms with Crippen molar-refractivity contribution in [3.63, 3.8) is 0 Å². The zero-order valence-electron chi connectivity index (χ0n) is 14.3. The lowest BCUT2D eigenvalue weighted by molar-refractivity contribution is 0.199. The third-order valence-electron chi connectivity index (χ3n) is 4.56. The van der Waals surface area contributed by atoms with Gasteiger partial charge in [0.15, 0.2) is 0 Å². The number of hydrogen-bond donors (Lipinski definition) is 1. The van der Waals surface area contributed by atoms with Crippen LogP contribution in [0.5, 0.6) is 0 Å². The fraction of sp³-hybridized carbons (Fsp3) is 0.400. The molecule has 2 aromatic rings. The van der Waals surface area contributed by atoms with Crippen LogP contribution in [0.25, 0.3) is 0 Å². The molecule has 0 saturated carbocycles. The average Bonchev–Trinajstić information content (AvgIpc) is 2.49. The monoisotopic (exact) mass is 312 g/mol. The van der Waals surface area contributed by atoms with Crippen LogP contribution in [0.2, 0.25) is 19.1 Å². The van der Waals surface area contributed by atoms with Crippen molar-refractivity contribution in [2.75, 3.05) is 0 Å². The third-order valence-corrected chi connectivity index (χ3v) is 8.06. The lowest BCUT2D eigenvalue weighted by Crippen LogP contribution is -2.41. The molecule has 2 aromatic carbocycles. The molecule has 1 atom stereocenters. The fourth-order valence-electron chi connectivity index (χ4n) is 2.85. The van der Waals surface area contributed by atoms with Gasteiger partial charge in [-0.1, -0.05) is 84.8 Å². The number of hydrogen-bond acceptors (Lipinski definition) is 1. The molecule has 2 rings (SSSR count). The number of aliphatic hydroxyl groups is 1. The predicted molar refractivity (Wildman–Crippen MR) is 98.5 cm³/mol. The molecule has 0 radical (unpaired) electrons. The molecule has 0 aromatic heterocycles. The Labute approximate surface area is 136 Å². The van der Waals surface area contributed by atoms with E-state index in [-0.39, 0.29) is 6.10 Å². The van der Waals surface area contributed by atoms with E-state index in [0.29, 0.717) is 0 Å². The van der Waals surface area contributed by atoms with Crippen LogP contribution in [-0.2, 0) is 6.42 Å². The van der Waals surface area contributed by atoms with Crippen molar-refractivity contribution in [2.45, 2.75) is 51.9 Å². The first-order valence-corrected chi connectivity index (χ1v) is 11.4. The van der Waals surface area contributed by atoms with Gasteiger partial charge in [0.05, 0.1) is 14.2 Å². The molecule has 1 nitrogen and oxygen atoms in total. The summed E-state index contributed by atoms with van der Waals surface area (Å²) in [6, 6.07) is 18.8. The lowest BCUT2D eigenvalue weighted by atomic mass is 10.1. The smallest absolute Gasteiger partial charge is 0.0806 e. The summed E-state index contributed by atoms with van der Waals surface area (Å²) in [5.41, 5.74) is 3.78. The molecule has 0 spiro atoms. The van der Waals surface area contributed by atoms with Gasteiger partial charge >= 0.3 is 0 Å². The van der Waals surface area contributed by atoms with Crippen LogP contribution >= 0.6 is 0 Å². The maximum absolute atomic E-state index is 9.62. The highest BCUT2D eigenvalue weighted by Gasteiger charge is 2.22. The number of benzene rings is 2. The average molecular weight is 313 g/mol. The number of aliphatic hydroxyl groups excluding tert-OH is 1. The van der Waals surface area contributed by atoms with Gasteiger partial charge in [-0.2, -0.15) is 0 Å². The van der Waals surface area contributed by atoms with Crippen molar-refractivity contribution in [1.29, 1.82) is 0 Å². The van der Waals surface area contributed by atoms with E-state index in [0.717, 1.165) is 5.56 Å². The molecule has 0 aliphatic heterocycles. The Hall–Kier alpha value is -1.38. The molecule has 0 fully saturated rings. The van der Waals surface area contributed by atoms with Crippen molar-refractivity contribution < 1.29 is 5.11 Å². The van der Waals surface area contributed by atoms with E-state index < -0.39 is 8.07 Å². The first kappa shape index (κ1) is 17.0. The molecule has 118 valence electrons. The molecule has 0 saturated heterocycles. The van der Waals surface area contributed by atoms with E-state index in [9.17, 15) is 5.11 Å². The molecular formula is C20H28OSi. The van der Waals surface area contributed by atoms with Gasteiger partial charge < -0.3 is 5.11 Å². The lowest BCUT2D eigenvalue weighted by Gasteiger charge is -2.23. The third kappa shape index (κ3) is 4.55. The van der Waals surface area contributed by atoms with Crippen molar-refractivity contribution in [2.24, 2.45) is 0 Å². The van der Waals surface area contributed by atoms with Gasteiger partial charge in [-0.05, 0) is 31.4 Å². The summed E-state index contributed by atoms with van der Waals surface area (Å²) in [4.78, 5) is 0. The number of rotatable bonds is 6. The Morgan fingerprint density at radius 3 is 2.09 bits per heavy atom. The molecule has 22 heavy (non-hydrogen) atoms. The van der Waals surface area contributed by atoms with Gasteiger partial charge in [0, 0.05) is 0 Å². The van der Waals surface area contributed by atoms with Crippen LogP contribution in [0, 0.1) is 6.92 Å². The second-order valence-corrected chi connectivity index (χ2v) is 11.9. The van der Waals surface area contributed by atoms with E-state index in [1.54, 1.807) is 0 Å². The summed E-state index contributed by atoms with van der Waals surface area (Å²) in [7, 11) is -1.38. The topological polar surface area (TPSA) is 20.2 Å². The van der Waals surface area contributed by atoms with Gasteiger partial charge in [-0.15, -0.1) is 0 Å². The van der Waals surface area contributed by atoms with Crippen molar-refractivity contribution in [3.05, 3.63) is 65.2 Å². The summed E-state index contributed by atoms with van der Waals surface area (Å²) in [5.74, 6) is 0. The van der Waals surface area contributed by atoms with Crippen LogP contribution in [0.15, 0.2) is 48.5 Å². The first-order chi connectivity index (χ1) is 10.4. The summed E-state index contributed by atoms with van der Waals surface area (Å²) in [6.45, 7) is 8.84. The van der Waals surface area contributed by atoms with E-state index in [1.165, 1.54) is 35.2 Å². The van der Waals surface area contributed by atoms with E-state index in [4.69, 9.17) is 0 Å². The molecule has 0 aliphatic rings. The van der Waals surface area contributed by atoms with Crippen LogP contribution < -0.4 is 5.19 Å². The molecule has 0 bridgehead atoms. The predicted octanol–water partition coefficient (Wildman–Crippen LogP) is 4.60. The Balaban J connectivity index is 1.93. The van der Waals surface area contributed by atoms with Crippen LogP contribution in [0.1, 0.15) is 36.1 Å². The van der Waals surface area contributed by atoms with E-state index in [2.05, 4.69) is 68.5 Å². The summed E-state index contributed by atoms with van der Waals surface area (Å²) >= 11 is 0. The first-order valence-electron chi connectivity index (χ1n) is 8.22. The Bertz CT molecular complexity index is 582. The normalized spacial score (nSPS) is 13.1. The second-order valence-electron chi connectivity index (χ2n) is 7.02. The summed E-state index contributed by atoms with van der Waals surface area (Å²) < 4.78 is 0. The Morgan fingerprint density at radius 1 is 0.955 bits per heavy atom. The minimum atomic E-state index is -1.38. The Morgan fingerprint density at radius 2 is 1.55 bits per heavy atom. The highest BCUT2D eigenvalue weighted by Crippen LogP contribution is 2.17. The highest BCUT2D eigenvalue weighted by atomic mass is 28.3. The summed E-state index contributed by atoms with van der Waals surface area (Å²) in [5, 5.41) is 11.1. The van der Waals surface area contributed by atoms with Gasteiger partial charge in [-0.25, -0.2) is 0 Å². The molecule has 0 amide bonds. The van der Waals surface area contributed by atoms with E-state index in [1.807, 2.05) is 6.92 Å². The minimum absolute atomic E-state index is 0.375. The minimum Gasteiger partial charge on any atom is -0.389 e. The van der Waals surface area contributed by atoms with Gasteiger partial charge in [0.25, 0.3) is 0 Å². The molecule has 2 heteroatoms. The molecule has 1 unspecified atom stereocenters. The van der Waals surface area contributed by atoms with Crippen molar-refractivity contribution >= 4 is 13.3 Å². The van der Waals surface area contributed by atoms with E-state index >= 15 is 0 Å². The highest BCUT2D eigenvalue weighted by molar-refractivity contribution is 6.89. The van der Waals surface area contributed by atoms with Gasteiger partial charge in [-0.3, -0.25) is 0 Å². The SMILES string of the molecule is Cc1ccc(CCC[Si](C)(C)c2ccc(C(C)O)cc2)cc1. The maximum atomic E-state index is 9.62. The molecule has 1 N–H and O–H groups in total. The van der Waals surface area contributed by atoms with Crippen LogP contribution in [0.3, 0.4) is 0 Å². The quantitative estimate of drug-likeness (QED) is 0.773. The second kappa shape index (κ2) is 7.25. The number of aryl methyl sites for hydroxylation is 2. The van der Waals surface area contributed by atoms with Gasteiger partial charge in [0.2, 0.25) is 0 Å². The fourth-order valence-corrected chi connectivity index (χ4v) is 5.26. The molecular weight excluding hydrogens is 284 g/mol. The molecule has 0 heterocycles. The zero-order chi connectivity index (χ0) is 16.2. The molecule has 0 aliphatic carbocycles. The van der Waals surface area contributed by atoms with Crippen LogP contribution in [-0.4, -0.2) is 13.2 Å². The van der Waals surface area contributed by atoms with Gasteiger partial charge in [0.1, 0.15) is 0 Å². The zero-order valence-corrected chi connectivity index (χ0v) is 15.3. The van der Waals surface area contributed by atoms with Crippen LogP contribution in [0.4, 0.5) is 0 Å². The Kier molecular flexibility index (Phi) is 5.60. The largest absolute Gasteiger partial charge is 0.389 e. The van der Waals surface area contributed by atoms with Crippen molar-refractivity contribution in [3.8, 4) is 0 Å².